The first-order chi connectivity index (χ1) is 13.8. The van der Waals surface area contributed by atoms with Gasteiger partial charge in [-0.25, -0.2) is 4.99 Å². The van der Waals surface area contributed by atoms with Gasteiger partial charge in [0.1, 0.15) is 6.54 Å². The largest absolute Gasteiger partial charge is 0.357 e. The van der Waals surface area contributed by atoms with Crippen LogP contribution in [0.2, 0.25) is 0 Å². The Bertz CT molecular complexity index is 748. The van der Waals surface area contributed by atoms with Crippen molar-refractivity contribution in [3.63, 3.8) is 0 Å². The van der Waals surface area contributed by atoms with Crippen molar-refractivity contribution in [3.8, 4) is 0 Å². The van der Waals surface area contributed by atoms with Crippen LogP contribution in [0.3, 0.4) is 0 Å². The molecule has 158 valence electrons. The lowest BCUT2D eigenvalue weighted by Crippen LogP contribution is -2.43. The standard InChI is InChI=1S/C21H29N5OS.HI/c1-2-22-21(24-16-20(27)25-17-9-4-3-5-10-17)23-15-18(19-11-8-14-28-19)26-12-6-7-13-26;/h3-5,8-11,14,18H,2,6-7,12-13,15-16H2,1H3,(H,25,27)(H2,22,23,24);1H. The predicted octanol–water partition coefficient (Wildman–Crippen LogP) is 3.70. The van der Waals surface area contributed by atoms with Gasteiger partial charge in [-0.15, -0.1) is 35.3 Å². The van der Waals surface area contributed by atoms with Gasteiger partial charge < -0.3 is 16.0 Å². The van der Waals surface area contributed by atoms with E-state index in [9.17, 15) is 4.79 Å². The highest BCUT2D eigenvalue weighted by Crippen LogP contribution is 2.27. The molecule has 0 saturated carbocycles. The molecule has 1 aliphatic heterocycles. The van der Waals surface area contributed by atoms with Crippen LogP contribution in [0.25, 0.3) is 0 Å². The molecule has 1 amide bonds. The molecule has 1 aromatic heterocycles. The number of para-hydroxylation sites is 1. The number of amides is 1. The summed E-state index contributed by atoms with van der Waals surface area (Å²) in [6.45, 7) is 5.90. The van der Waals surface area contributed by atoms with Gasteiger partial charge in [-0.3, -0.25) is 9.69 Å². The molecule has 1 atom stereocenters. The van der Waals surface area contributed by atoms with Crippen molar-refractivity contribution in [2.75, 3.05) is 38.0 Å². The molecule has 1 unspecified atom stereocenters. The molecule has 0 bridgehead atoms. The zero-order valence-corrected chi connectivity index (χ0v) is 19.9. The van der Waals surface area contributed by atoms with Gasteiger partial charge in [-0.05, 0) is 56.4 Å². The number of carbonyl (C=O) groups excluding carboxylic acids is 1. The molecule has 1 aromatic carbocycles. The lowest BCUT2D eigenvalue weighted by molar-refractivity contribution is -0.114. The molecule has 3 rings (SSSR count). The molecular formula is C21H30IN5OS. The SMILES string of the molecule is CCNC(=NCC(=O)Nc1ccccc1)NCC(c1cccs1)N1CCCC1.I. The maximum Gasteiger partial charge on any atom is 0.246 e. The summed E-state index contributed by atoms with van der Waals surface area (Å²) in [5, 5.41) is 11.7. The lowest BCUT2D eigenvalue weighted by Gasteiger charge is -2.27. The Kier molecular flexibility index (Phi) is 10.4. The Morgan fingerprint density at radius 2 is 1.90 bits per heavy atom. The number of likely N-dealkylation sites (tertiary alicyclic amines) is 1. The van der Waals surface area contributed by atoms with E-state index in [1.165, 1.54) is 17.7 Å². The van der Waals surface area contributed by atoms with Crippen molar-refractivity contribution in [2.24, 2.45) is 4.99 Å². The van der Waals surface area contributed by atoms with Crippen LogP contribution in [0.5, 0.6) is 0 Å². The quantitative estimate of drug-likeness (QED) is 0.278. The number of hydrogen-bond donors (Lipinski definition) is 3. The Hall–Kier alpha value is -1.65. The summed E-state index contributed by atoms with van der Waals surface area (Å²) in [7, 11) is 0. The fraction of sp³-hybridized carbons (Fsp3) is 0.429. The second-order valence-electron chi connectivity index (χ2n) is 6.76. The van der Waals surface area contributed by atoms with Crippen LogP contribution in [-0.2, 0) is 4.79 Å². The molecule has 1 aliphatic rings. The third-order valence-electron chi connectivity index (χ3n) is 4.70. The molecule has 8 heteroatoms. The molecule has 3 N–H and O–H groups in total. The van der Waals surface area contributed by atoms with Crippen LogP contribution in [0.4, 0.5) is 5.69 Å². The molecule has 6 nitrogen and oxygen atoms in total. The number of aliphatic imine (C=N–C) groups is 1. The Labute approximate surface area is 194 Å². The molecule has 0 radical (unpaired) electrons. The highest BCUT2D eigenvalue weighted by molar-refractivity contribution is 14.0. The van der Waals surface area contributed by atoms with Gasteiger partial charge >= 0.3 is 0 Å². The van der Waals surface area contributed by atoms with Gasteiger partial charge in [0.25, 0.3) is 0 Å². The molecular weight excluding hydrogens is 497 g/mol. The highest BCUT2D eigenvalue weighted by Gasteiger charge is 2.24. The van der Waals surface area contributed by atoms with Crippen molar-refractivity contribution in [1.29, 1.82) is 0 Å². The normalized spacial score (nSPS) is 15.4. The summed E-state index contributed by atoms with van der Waals surface area (Å²) in [5.74, 6) is 0.546. The maximum absolute atomic E-state index is 12.2. The van der Waals surface area contributed by atoms with Crippen LogP contribution < -0.4 is 16.0 Å². The number of halogens is 1. The lowest BCUT2D eigenvalue weighted by atomic mass is 10.2. The smallest absolute Gasteiger partial charge is 0.246 e. The van der Waals surface area contributed by atoms with Gasteiger partial charge in [0, 0.05) is 23.7 Å². The number of benzene rings is 1. The minimum atomic E-state index is -0.127. The summed E-state index contributed by atoms with van der Waals surface area (Å²) in [6.07, 6.45) is 2.52. The van der Waals surface area contributed by atoms with Gasteiger partial charge in [-0.2, -0.15) is 0 Å². The van der Waals surface area contributed by atoms with E-state index < -0.39 is 0 Å². The van der Waals surface area contributed by atoms with E-state index in [0.29, 0.717) is 12.0 Å². The van der Waals surface area contributed by atoms with E-state index in [-0.39, 0.29) is 36.4 Å². The van der Waals surface area contributed by atoms with E-state index in [1.807, 2.05) is 37.3 Å². The Balaban J connectivity index is 0.00000300. The number of nitrogens with zero attached hydrogens (tertiary/aromatic N) is 2. The molecule has 1 fully saturated rings. The number of rotatable bonds is 8. The number of carbonyl (C=O) groups is 1. The van der Waals surface area contributed by atoms with Crippen molar-refractivity contribution >= 4 is 52.9 Å². The third kappa shape index (κ3) is 7.60. The minimum Gasteiger partial charge on any atom is -0.357 e. The van der Waals surface area contributed by atoms with Crippen LogP contribution in [0, 0.1) is 0 Å². The first-order valence-corrected chi connectivity index (χ1v) is 10.8. The van der Waals surface area contributed by atoms with E-state index in [4.69, 9.17) is 0 Å². The molecule has 2 aromatic rings. The third-order valence-corrected chi connectivity index (χ3v) is 5.67. The van der Waals surface area contributed by atoms with Crippen LogP contribution >= 0.6 is 35.3 Å². The number of thiophene rings is 1. The summed E-state index contributed by atoms with van der Waals surface area (Å²) in [6, 6.07) is 14.1. The zero-order valence-electron chi connectivity index (χ0n) is 16.8. The topological polar surface area (TPSA) is 68.8 Å². The minimum absolute atomic E-state index is 0. The van der Waals surface area contributed by atoms with Crippen LogP contribution in [0.1, 0.15) is 30.7 Å². The van der Waals surface area contributed by atoms with Gasteiger partial charge in [0.2, 0.25) is 5.91 Å². The fourth-order valence-corrected chi connectivity index (χ4v) is 4.21. The molecule has 0 aliphatic carbocycles. The predicted molar refractivity (Wildman–Crippen MR) is 132 cm³/mol. The summed E-state index contributed by atoms with van der Waals surface area (Å²) >= 11 is 1.80. The van der Waals surface area contributed by atoms with E-state index in [0.717, 1.165) is 31.9 Å². The van der Waals surface area contributed by atoms with Crippen molar-refractivity contribution in [1.82, 2.24) is 15.5 Å². The van der Waals surface area contributed by atoms with Gasteiger partial charge in [0.15, 0.2) is 5.96 Å². The van der Waals surface area contributed by atoms with Crippen LogP contribution in [-0.4, -0.2) is 49.5 Å². The summed E-state index contributed by atoms with van der Waals surface area (Å²) < 4.78 is 0. The van der Waals surface area contributed by atoms with E-state index in [2.05, 4.69) is 43.4 Å². The highest BCUT2D eigenvalue weighted by atomic mass is 127. The number of nitrogens with one attached hydrogen (secondary N) is 3. The first-order valence-electron chi connectivity index (χ1n) is 9.91. The van der Waals surface area contributed by atoms with Crippen molar-refractivity contribution in [2.45, 2.75) is 25.8 Å². The average Bonchev–Trinajstić information content (AvgIpc) is 3.42. The number of anilines is 1. The number of hydrogen-bond acceptors (Lipinski definition) is 4. The van der Waals surface area contributed by atoms with Crippen molar-refractivity contribution < 1.29 is 4.79 Å². The monoisotopic (exact) mass is 527 g/mol. The van der Waals surface area contributed by atoms with Crippen LogP contribution in [0.15, 0.2) is 52.8 Å². The molecule has 1 saturated heterocycles. The van der Waals surface area contributed by atoms with Gasteiger partial charge in [-0.1, -0.05) is 24.3 Å². The Morgan fingerprint density at radius 3 is 2.55 bits per heavy atom. The number of guanidine groups is 1. The fourth-order valence-electron chi connectivity index (χ4n) is 3.35. The first kappa shape index (κ1) is 23.6. The zero-order chi connectivity index (χ0) is 19.6. The van der Waals surface area contributed by atoms with E-state index >= 15 is 0 Å². The second kappa shape index (κ2) is 12.8. The van der Waals surface area contributed by atoms with Gasteiger partial charge in [0.05, 0.1) is 6.04 Å². The van der Waals surface area contributed by atoms with Crippen molar-refractivity contribution in [3.05, 3.63) is 52.7 Å². The summed E-state index contributed by atoms with van der Waals surface area (Å²) in [5.41, 5.74) is 0.785. The maximum atomic E-state index is 12.2. The van der Waals surface area contributed by atoms with E-state index in [1.54, 1.807) is 11.3 Å². The average molecular weight is 527 g/mol. The molecule has 29 heavy (non-hydrogen) atoms. The summed E-state index contributed by atoms with van der Waals surface area (Å²) in [4.78, 5) is 20.5. The Morgan fingerprint density at radius 1 is 1.14 bits per heavy atom. The molecule has 0 spiro atoms. The molecule has 2 heterocycles. The second-order valence-corrected chi connectivity index (χ2v) is 7.74.